The summed E-state index contributed by atoms with van der Waals surface area (Å²) in [7, 11) is 0. The van der Waals surface area contributed by atoms with Crippen LogP contribution in [0.3, 0.4) is 0 Å². The van der Waals surface area contributed by atoms with E-state index in [1.165, 1.54) is 12.1 Å². The number of halogens is 4. The van der Waals surface area contributed by atoms with E-state index in [4.69, 9.17) is 16.3 Å². The molecule has 2 atom stereocenters. The lowest BCUT2D eigenvalue weighted by atomic mass is 9.95. The minimum Gasteiger partial charge on any atom is -0.461 e. The average molecular weight is 640 g/mol. The summed E-state index contributed by atoms with van der Waals surface area (Å²) in [5.41, 5.74) is -0.0182. The Morgan fingerprint density at radius 3 is 2.89 bits per heavy atom. The highest BCUT2D eigenvalue weighted by molar-refractivity contribution is 7.19. The zero-order chi connectivity index (χ0) is 30.7. The van der Waals surface area contributed by atoms with E-state index in [1.807, 2.05) is 0 Å². The molecule has 12 heteroatoms. The number of anilines is 1. The van der Waals surface area contributed by atoms with Crippen LogP contribution < -0.4 is 9.64 Å². The Hall–Kier alpha value is -3.46. The highest BCUT2D eigenvalue weighted by Gasteiger charge is 2.49. The van der Waals surface area contributed by atoms with Crippen LogP contribution in [0.2, 0.25) is 5.02 Å². The van der Waals surface area contributed by atoms with Crippen LogP contribution in [0.5, 0.6) is 6.01 Å². The summed E-state index contributed by atoms with van der Waals surface area (Å²) in [6.45, 7) is 3.65. The summed E-state index contributed by atoms with van der Waals surface area (Å²) in [6.07, 6.45) is 3.07. The predicted molar refractivity (Wildman–Crippen MR) is 164 cm³/mol. The molecule has 0 spiro atoms. The molecule has 0 unspecified atom stereocenters. The maximum Gasteiger partial charge on any atom is 0.319 e. The summed E-state index contributed by atoms with van der Waals surface area (Å²) in [5, 5.41) is 10.5. The summed E-state index contributed by atoms with van der Waals surface area (Å²) < 4.78 is 52.5. The van der Waals surface area contributed by atoms with Gasteiger partial charge in [-0.1, -0.05) is 17.7 Å². The number of hydrogen-bond donors (Lipinski definition) is 0. The van der Waals surface area contributed by atoms with E-state index in [2.05, 4.69) is 20.9 Å². The van der Waals surface area contributed by atoms with Gasteiger partial charge >= 0.3 is 6.01 Å². The molecule has 5 heterocycles. The monoisotopic (exact) mass is 639 g/mol. The molecule has 0 amide bonds. The van der Waals surface area contributed by atoms with Gasteiger partial charge in [-0.2, -0.15) is 15.2 Å². The van der Waals surface area contributed by atoms with Gasteiger partial charge in [0.2, 0.25) is 0 Å². The van der Waals surface area contributed by atoms with Crippen LogP contribution in [-0.2, 0) is 4.79 Å². The molecular weight excluding hydrogens is 611 g/mol. The van der Waals surface area contributed by atoms with Crippen molar-refractivity contribution in [3.63, 3.8) is 0 Å². The first kappa shape index (κ1) is 29.3. The van der Waals surface area contributed by atoms with E-state index < -0.39 is 23.3 Å². The second-order valence-electron chi connectivity index (χ2n) is 12.0. The van der Waals surface area contributed by atoms with E-state index in [0.29, 0.717) is 47.4 Å². The number of hydrogen-bond acceptors (Lipinski definition) is 8. The number of fused-ring (bicyclic) bond motifs is 3. The van der Waals surface area contributed by atoms with Gasteiger partial charge in [-0.3, -0.25) is 9.69 Å². The van der Waals surface area contributed by atoms with Gasteiger partial charge in [0, 0.05) is 47.1 Å². The largest absolute Gasteiger partial charge is 0.461 e. The minimum absolute atomic E-state index is 0.0161. The third-order valence-electron chi connectivity index (χ3n) is 9.22. The Morgan fingerprint density at radius 2 is 2.07 bits per heavy atom. The number of nitrogens with zero attached hydrogens (tertiary/aromatic N) is 5. The van der Waals surface area contributed by atoms with Gasteiger partial charge in [-0.15, -0.1) is 11.3 Å². The van der Waals surface area contributed by atoms with Crippen LogP contribution in [-0.4, -0.2) is 65.1 Å². The number of aromatic nitrogens is 2. The Bertz CT molecular complexity index is 1880. The number of ketones is 1. The zero-order valence-electron chi connectivity index (χ0n) is 24.1. The number of alkyl halides is 1. The van der Waals surface area contributed by atoms with Crippen LogP contribution >= 0.6 is 22.9 Å². The molecule has 0 aliphatic carbocycles. The van der Waals surface area contributed by atoms with Crippen molar-refractivity contribution in [2.75, 3.05) is 37.7 Å². The van der Waals surface area contributed by atoms with Crippen molar-refractivity contribution in [2.24, 2.45) is 0 Å². The number of ether oxygens (including phenoxy) is 1. The normalized spacial score (nSPS) is 22.5. The van der Waals surface area contributed by atoms with Gasteiger partial charge in [-0.25, -0.2) is 13.2 Å². The average Bonchev–Trinajstić information content (AvgIpc) is 3.57. The van der Waals surface area contributed by atoms with Gasteiger partial charge in [0.25, 0.3) is 0 Å². The lowest BCUT2D eigenvalue weighted by Crippen LogP contribution is -2.43. The van der Waals surface area contributed by atoms with Crippen molar-refractivity contribution in [1.29, 1.82) is 5.26 Å². The summed E-state index contributed by atoms with van der Waals surface area (Å²) in [5.74, 6) is -0.903. The molecule has 0 bridgehead atoms. The third kappa shape index (κ3) is 4.78. The van der Waals surface area contributed by atoms with Crippen LogP contribution in [0.4, 0.5) is 19.0 Å². The van der Waals surface area contributed by atoms with Gasteiger partial charge in [0.05, 0.1) is 27.4 Å². The molecule has 3 aliphatic rings. The van der Waals surface area contributed by atoms with Crippen LogP contribution in [0, 0.1) is 29.9 Å². The molecule has 3 aliphatic heterocycles. The molecule has 3 saturated heterocycles. The van der Waals surface area contributed by atoms with E-state index in [1.54, 1.807) is 17.9 Å². The molecule has 44 heavy (non-hydrogen) atoms. The van der Waals surface area contributed by atoms with Crippen LogP contribution in [0.1, 0.15) is 49.0 Å². The molecule has 7 nitrogen and oxygen atoms in total. The predicted octanol–water partition coefficient (Wildman–Crippen LogP) is 7.14. The highest BCUT2D eigenvalue weighted by atomic mass is 35.5. The zero-order valence-corrected chi connectivity index (χ0v) is 25.6. The Kier molecular flexibility index (Phi) is 7.42. The number of thiophene rings is 1. The van der Waals surface area contributed by atoms with E-state index in [9.17, 15) is 18.8 Å². The Morgan fingerprint density at radius 1 is 1.23 bits per heavy atom. The van der Waals surface area contributed by atoms with E-state index in [0.717, 1.165) is 43.6 Å². The number of benzene rings is 2. The maximum atomic E-state index is 16.8. The summed E-state index contributed by atoms with van der Waals surface area (Å²) >= 11 is 7.92. The molecular formula is C32H29ClF3N5O2S. The number of carbonyl (C=O) groups is 1. The standard InChI is InChI=1S/C32H29ClF3N5O2S/c1-17-22(13-37)25-20(6-7-24(35)29(25)44-17)26-23(33)11-21-28(27(26)36)38-31(39-30(21)40-9-3-2-5-19(42)15-40)43-16-32-8-4-10-41(32)14-18(34)12-32/h6-7,11,18H,2-5,8-10,12,14-16H2,1H3/t18-,32+/m1/s1. The molecule has 3 fully saturated rings. The fraction of sp³-hybridized carbons (Fsp3) is 0.438. The molecule has 0 saturated carbocycles. The number of nitriles is 1. The lowest BCUT2D eigenvalue weighted by molar-refractivity contribution is -0.117. The molecule has 4 aromatic rings. The van der Waals surface area contributed by atoms with Crippen LogP contribution in [0.25, 0.3) is 32.1 Å². The number of rotatable bonds is 5. The van der Waals surface area contributed by atoms with Crippen LogP contribution in [0.15, 0.2) is 18.2 Å². The molecule has 7 rings (SSSR count). The van der Waals surface area contributed by atoms with Gasteiger partial charge in [-0.05, 0) is 56.8 Å². The van der Waals surface area contributed by atoms with E-state index >= 15 is 4.39 Å². The van der Waals surface area contributed by atoms with E-state index in [-0.39, 0.29) is 56.9 Å². The first-order chi connectivity index (χ1) is 21.2. The van der Waals surface area contributed by atoms with Gasteiger partial charge in [0.15, 0.2) is 11.6 Å². The van der Waals surface area contributed by atoms with Crippen molar-refractivity contribution in [1.82, 2.24) is 14.9 Å². The topological polar surface area (TPSA) is 82.4 Å². The molecule has 2 aromatic carbocycles. The van der Waals surface area contributed by atoms with Crippen molar-refractivity contribution in [3.05, 3.63) is 45.3 Å². The third-order valence-corrected chi connectivity index (χ3v) is 10.6. The molecule has 2 aromatic heterocycles. The number of aryl methyl sites for hydroxylation is 1. The summed E-state index contributed by atoms with van der Waals surface area (Å²) in [4.78, 5) is 26.3. The maximum absolute atomic E-state index is 16.8. The molecule has 0 N–H and O–H groups in total. The first-order valence-electron chi connectivity index (χ1n) is 14.8. The summed E-state index contributed by atoms with van der Waals surface area (Å²) in [6, 6.07) is 6.28. The minimum atomic E-state index is -0.941. The number of carbonyl (C=O) groups excluding carboxylic acids is 1. The fourth-order valence-electron chi connectivity index (χ4n) is 7.16. The Labute approximate surface area is 261 Å². The van der Waals surface area contributed by atoms with Crippen molar-refractivity contribution in [3.8, 4) is 23.2 Å². The fourth-order valence-corrected chi connectivity index (χ4v) is 8.49. The van der Waals surface area contributed by atoms with Gasteiger partial charge in [0.1, 0.15) is 36.0 Å². The van der Waals surface area contributed by atoms with Crippen molar-refractivity contribution in [2.45, 2.75) is 57.2 Å². The second kappa shape index (κ2) is 11.2. The Balaban J connectivity index is 1.40. The second-order valence-corrected chi connectivity index (χ2v) is 13.6. The lowest BCUT2D eigenvalue weighted by Gasteiger charge is -2.31. The molecule has 0 radical (unpaired) electrons. The SMILES string of the molecule is Cc1sc2c(F)ccc(-c3c(Cl)cc4c(N5CCCCC(=O)C5)nc(OC[C@@]56CCCN5C[C@H](F)C6)nc4c3F)c2c1C#N. The highest BCUT2D eigenvalue weighted by Crippen LogP contribution is 2.45. The quantitative estimate of drug-likeness (QED) is 0.230. The van der Waals surface area contributed by atoms with Gasteiger partial charge < -0.3 is 9.64 Å². The number of Topliss-reactive ketones (excluding diaryl/α,β-unsaturated/α-hetero) is 1. The molecule has 228 valence electrons. The van der Waals surface area contributed by atoms with Crippen molar-refractivity contribution >= 4 is 55.5 Å². The van der Waals surface area contributed by atoms with Crippen molar-refractivity contribution < 1.29 is 22.7 Å². The smallest absolute Gasteiger partial charge is 0.319 e. The first-order valence-corrected chi connectivity index (χ1v) is 16.0.